The van der Waals surface area contributed by atoms with Crippen molar-refractivity contribution in [2.24, 2.45) is 17.7 Å². The van der Waals surface area contributed by atoms with Crippen molar-refractivity contribution in [3.05, 3.63) is 35.6 Å². The van der Waals surface area contributed by atoms with Crippen molar-refractivity contribution in [2.75, 3.05) is 0 Å². The molecule has 0 spiro atoms. The van der Waals surface area contributed by atoms with Gasteiger partial charge in [-0.1, -0.05) is 38.3 Å². The highest BCUT2D eigenvalue weighted by molar-refractivity contribution is 5.21. The number of hydrogen-bond donors (Lipinski definition) is 2. The Kier molecular flexibility index (Phi) is 4.72. The Morgan fingerprint density at radius 2 is 2.06 bits per heavy atom. The SMILES string of the molecule is CCC1CCC(C(NN)c2cccc(F)c2)CC1. The molecule has 1 saturated carbocycles. The van der Waals surface area contributed by atoms with Crippen LogP contribution in [0.15, 0.2) is 24.3 Å². The van der Waals surface area contributed by atoms with Gasteiger partial charge in [-0.05, 0) is 42.4 Å². The van der Waals surface area contributed by atoms with E-state index in [1.165, 1.54) is 38.2 Å². The minimum atomic E-state index is -0.185. The van der Waals surface area contributed by atoms with E-state index in [4.69, 9.17) is 5.84 Å². The summed E-state index contributed by atoms with van der Waals surface area (Å²) in [5.41, 5.74) is 3.85. The van der Waals surface area contributed by atoms with E-state index in [1.54, 1.807) is 12.1 Å². The Balaban J connectivity index is 2.05. The van der Waals surface area contributed by atoms with Crippen molar-refractivity contribution in [1.29, 1.82) is 0 Å². The zero-order chi connectivity index (χ0) is 13.0. The van der Waals surface area contributed by atoms with Crippen LogP contribution in [0.4, 0.5) is 4.39 Å². The molecular formula is C15H23FN2. The maximum Gasteiger partial charge on any atom is 0.123 e. The van der Waals surface area contributed by atoms with E-state index in [1.807, 2.05) is 6.07 Å². The van der Waals surface area contributed by atoms with Crippen LogP contribution < -0.4 is 11.3 Å². The first kappa shape index (κ1) is 13.5. The maximum atomic E-state index is 13.3. The van der Waals surface area contributed by atoms with Crippen molar-refractivity contribution in [3.8, 4) is 0 Å². The molecule has 2 nitrogen and oxygen atoms in total. The fourth-order valence-corrected chi connectivity index (χ4v) is 3.13. The summed E-state index contributed by atoms with van der Waals surface area (Å²) in [6, 6.07) is 6.87. The lowest BCUT2D eigenvalue weighted by Gasteiger charge is -2.33. The lowest BCUT2D eigenvalue weighted by Crippen LogP contribution is -2.35. The van der Waals surface area contributed by atoms with Gasteiger partial charge in [-0.25, -0.2) is 4.39 Å². The first-order chi connectivity index (χ1) is 8.74. The predicted molar refractivity (Wildman–Crippen MR) is 72.2 cm³/mol. The molecule has 0 radical (unpaired) electrons. The summed E-state index contributed by atoms with van der Waals surface area (Å²) in [5, 5.41) is 0. The minimum Gasteiger partial charge on any atom is -0.271 e. The van der Waals surface area contributed by atoms with E-state index in [0.29, 0.717) is 5.92 Å². The van der Waals surface area contributed by atoms with Crippen LogP contribution in [-0.2, 0) is 0 Å². The van der Waals surface area contributed by atoms with Crippen molar-refractivity contribution in [2.45, 2.75) is 45.1 Å². The molecule has 1 fully saturated rings. The average Bonchev–Trinajstić information content (AvgIpc) is 2.40. The number of halogens is 1. The standard InChI is InChI=1S/C15H23FN2/c1-2-11-6-8-12(9-7-11)15(18-17)13-4-3-5-14(16)10-13/h3-5,10-12,15,18H,2,6-9,17H2,1H3. The molecule has 3 N–H and O–H groups in total. The molecule has 1 atom stereocenters. The summed E-state index contributed by atoms with van der Waals surface area (Å²) in [6.07, 6.45) is 6.19. The summed E-state index contributed by atoms with van der Waals surface area (Å²) in [4.78, 5) is 0. The summed E-state index contributed by atoms with van der Waals surface area (Å²) in [6.45, 7) is 2.26. The highest BCUT2D eigenvalue weighted by Crippen LogP contribution is 2.37. The topological polar surface area (TPSA) is 38.0 Å². The average molecular weight is 250 g/mol. The molecule has 18 heavy (non-hydrogen) atoms. The molecule has 0 heterocycles. The molecule has 0 aromatic heterocycles. The van der Waals surface area contributed by atoms with Crippen molar-refractivity contribution >= 4 is 0 Å². The molecule has 100 valence electrons. The lowest BCUT2D eigenvalue weighted by atomic mass is 9.76. The third kappa shape index (κ3) is 3.09. The Morgan fingerprint density at radius 1 is 1.33 bits per heavy atom. The van der Waals surface area contributed by atoms with Crippen LogP contribution in [0.1, 0.15) is 50.6 Å². The Morgan fingerprint density at radius 3 is 2.61 bits per heavy atom. The molecule has 2 rings (SSSR count). The van der Waals surface area contributed by atoms with Gasteiger partial charge in [0.25, 0.3) is 0 Å². The molecule has 1 aliphatic carbocycles. The second kappa shape index (κ2) is 6.30. The third-order valence-electron chi connectivity index (χ3n) is 4.33. The number of hydrazine groups is 1. The Bertz CT molecular complexity index is 373. The molecule has 1 unspecified atom stereocenters. The Labute approximate surface area is 109 Å². The normalized spacial score (nSPS) is 25.9. The van der Waals surface area contributed by atoms with Gasteiger partial charge in [0.1, 0.15) is 5.82 Å². The lowest BCUT2D eigenvalue weighted by molar-refractivity contribution is 0.219. The van der Waals surface area contributed by atoms with Crippen molar-refractivity contribution in [3.63, 3.8) is 0 Å². The molecule has 1 aromatic carbocycles. The molecule has 0 bridgehead atoms. The Hall–Kier alpha value is -0.930. The van der Waals surface area contributed by atoms with Crippen LogP contribution in [0.3, 0.4) is 0 Å². The van der Waals surface area contributed by atoms with Gasteiger partial charge in [0, 0.05) is 6.04 Å². The summed E-state index contributed by atoms with van der Waals surface area (Å²) in [5.74, 6) is 6.89. The second-order valence-electron chi connectivity index (χ2n) is 5.39. The summed E-state index contributed by atoms with van der Waals surface area (Å²) >= 11 is 0. The van der Waals surface area contributed by atoms with Gasteiger partial charge in [0.2, 0.25) is 0 Å². The molecule has 0 aliphatic heterocycles. The van der Waals surface area contributed by atoms with E-state index < -0.39 is 0 Å². The van der Waals surface area contributed by atoms with Gasteiger partial charge in [-0.2, -0.15) is 0 Å². The van der Waals surface area contributed by atoms with E-state index >= 15 is 0 Å². The van der Waals surface area contributed by atoms with Gasteiger partial charge >= 0.3 is 0 Å². The van der Waals surface area contributed by atoms with Gasteiger partial charge in [0.15, 0.2) is 0 Å². The smallest absolute Gasteiger partial charge is 0.123 e. The highest BCUT2D eigenvalue weighted by atomic mass is 19.1. The largest absolute Gasteiger partial charge is 0.271 e. The zero-order valence-electron chi connectivity index (χ0n) is 11.0. The van der Waals surface area contributed by atoms with Crippen molar-refractivity contribution in [1.82, 2.24) is 5.43 Å². The molecule has 0 saturated heterocycles. The minimum absolute atomic E-state index is 0.0820. The van der Waals surface area contributed by atoms with Gasteiger partial charge in [-0.15, -0.1) is 0 Å². The fourth-order valence-electron chi connectivity index (χ4n) is 3.13. The van der Waals surface area contributed by atoms with Gasteiger partial charge in [0.05, 0.1) is 0 Å². The molecule has 1 aromatic rings. The van der Waals surface area contributed by atoms with Gasteiger partial charge < -0.3 is 0 Å². The molecule has 0 amide bonds. The van der Waals surface area contributed by atoms with E-state index in [0.717, 1.165) is 11.5 Å². The molecule has 1 aliphatic rings. The number of benzene rings is 1. The fraction of sp³-hybridized carbons (Fsp3) is 0.600. The third-order valence-corrected chi connectivity index (χ3v) is 4.33. The van der Waals surface area contributed by atoms with Gasteiger partial charge in [-0.3, -0.25) is 11.3 Å². The van der Waals surface area contributed by atoms with Crippen molar-refractivity contribution < 1.29 is 4.39 Å². The number of nitrogens with one attached hydrogen (secondary N) is 1. The molecular weight excluding hydrogens is 227 g/mol. The number of nitrogens with two attached hydrogens (primary N) is 1. The number of rotatable bonds is 4. The molecule has 3 heteroatoms. The predicted octanol–water partition coefficient (Wildman–Crippen LogP) is 3.55. The van der Waals surface area contributed by atoms with Crippen LogP contribution in [0.5, 0.6) is 0 Å². The van der Waals surface area contributed by atoms with Crippen LogP contribution >= 0.6 is 0 Å². The zero-order valence-corrected chi connectivity index (χ0v) is 11.0. The quantitative estimate of drug-likeness (QED) is 0.633. The van der Waals surface area contributed by atoms with E-state index in [-0.39, 0.29) is 11.9 Å². The summed E-state index contributed by atoms with van der Waals surface area (Å²) in [7, 11) is 0. The van der Waals surface area contributed by atoms with E-state index in [2.05, 4.69) is 12.3 Å². The number of hydrogen-bond acceptors (Lipinski definition) is 2. The highest BCUT2D eigenvalue weighted by Gasteiger charge is 2.27. The van der Waals surface area contributed by atoms with Crippen LogP contribution in [-0.4, -0.2) is 0 Å². The summed E-state index contributed by atoms with van der Waals surface area (Å²) < 4.78 is 13.3. The maximum absolute atomic E-state index is 13.3. The monoisotopic (exact) mass is 250 g/mol. The first-order valence-electron chi connectivity index (χ1n) is 6.96. The van der Waals surface area contributed by atoms with E-state index in [9.17, 15) is 4.39 Å². The van der Waals surface area contributed by atoms with Crippen LogP contribution in [0, 0.1) is 17.7 Å². The first-order valence-corrected chi connectivity index (χ1v) is 6.96. The second-order valence-corrected chi connectivity index (χ2v) is 5.39. The van der Waals surface area contributed by atoms with Crippen LogP contribution in [0.2, 0.25) is 0 Å². The van der Waals surface area contributed by atoms with Crippen LogP contribution in [0.25, 0.3) is 0 Å².